The number of aryl methyl sites for hydroxylation is 1. The van der Waals surface area contributed by atoms with Gasteiger partial charge in [0.2, 0.25) is 11.8 Å². The minimum absolute atomic E-state index is 0.0357. The van der Waals surface area contributed by atoms with E-state index in [-0.39, 0.29) is 23.6 Å². The zero-order chi connectivity index (χ0) is 23.1. The van der Waals surface area contributed by atoms with Gasteiger partial charge in [-0.15, -0.1) is 0 Å². The molecule has 1 aliphatic rings. The largest absolute Gasteiger partial charge is 0.483 e. The maximum atomic E-state index is 14.4. The molecule has 0 aliphatic carbocycles. The molecule has 3 N–H and O–H groups in total. The highest BCUT2D eigenvalue weighted by atomic mass is 19.1. The molecule has 0 aromatic carbocycles. The lowest BCUT2D eigenvalue weighted by atomic mass is 10.2. The molecule has 4 rings (SSSR count). The van der Waals surface area contributed by atoms with Gasteiger partial charge >= 0.3 is 0 Å². The third kappa shape index (κ3) is 5.27. The summed E-state index contributed by atoms with van der Waals surface area (Å²) in [5, 5.41) is 12.7. The number of pyridine rings is 1. The van der Waals surface area contributed by atoms with Crippen LogP contribution in [0.25, 0.3) is 5.65 Å². The summed E-state index contributed by atoms with van der Waals surface area (Å²) >= 11 is 0. The van der Waals surface area contributed by atoms with E-state index in [4.69, 9.17) is 14.6 Å². The Morgan fingerprint density at radius 2 is 2.06 bits per heavy atom. The number of amides is 1. The Morgan fingerprint density at radius 1 is 1.34 bits per heavy atom. The smallest absolute Gasteiger partial charge is 0.290 e. The Balaban J connectivity index is 0.000000913. The predicted octanol–water partition coefficient (Wildman–Crippen LogP) is 1.33. The van der Waals surface area contributed by atoms with E-state index in [0.29, 0.717) is 18.2 Å². The minimum Gasteiger partial charge on any atom is -0.483 e. The summed E-state index contributed by atoms with van der Waals surface area (Å²) in [6.07, 6.45) is 4.66. The Hall–Kier alpha value is -3.80. The molecule has 3 aromatic rings. The normalized spacial score (nSPS) is 13.3. The number of carbonyl (C=O) groups excluding carboxylic acids is 1. The number of fused-ring (bicyclic) bond motifs is 1. The molecule has 1 aliphatic heterocycles. The Kier molecular flexibility index (Phi) is 7.49. The first-order valence-electron chi connectivity index (χ1n) is 9.96. The molecular formula is C20H24FN7O4. The van der Waals surface area contributed by atoms with E-state index in [1.807, 2.05) is 18.7 Å². The number of anilines is 2. The van der Waals surface area contributed by atoms with Crippen LogP contribution < -0.4 is 20.3 Å². The van der Waals surface area contributed by atoms with E-state index >= 15 is 0 Å². The molecule has 32 heavy (non-hydrogen) atoms. The van der Waals surface area contributed by atoms with Crippen molar-refractivity contribution < 1.29 is 23.8 Å². The van der Waals surface area contributed by atoms with Crippen molar-refractivity contribution in [2.45, 2.75) is 13.8 Å². The van der Waals surface area contributed by atoms with Crippen molar-refractivity contribution in [2.75, 3.05) is 43.0 Å². The molecule has 0 spiro atoms. The topological polar surface area (TPSA) is 134 Å². The maximum Gasteiger partial charge on any atom is 0.290 e. The number of nitrogens with one attached hydrogen (secondary N) is 2. The first-order valence-corrected chi connectivity index (χ1v) is 9.96. The maximum absolute atomic E-state index is 14.4. The van der Waals surface area contributed by atoms with Gasteiger partial charge in [0.1, 0.15) is 11.2 Å². The summed E-state index contributed by atoms with van der Waals surface area (Å²) in [4.78, 5) is 36.1. The van der Waals surface area contributed by atoms with Crippen LogP contribution in [0.3, 0.4) is 0 Å². The van der Waals surface area contributed by atoms with Crippen LogP contribution in [0.1, 0.15) is 23.0 Å². The van der Waals surface area contributed by atoms with Crippen LogP contribution >= 0.6 is 0 Å². The van der Waals surface area contributed by atoms with E-state index < -0.39 is 11.7 Å². The van der Waals surface area contributed by atoms with Gasteiger partial charge in [0.15, 0.2) is 5.82 Å². The molecule has 0 atom stereocenters. The number of piperazine rings is 1. The van der Waals surface area contributed by atoms with Gasteiger partial charge in [-0.25, -0.2) is 14.4 Å². The van der Waals surface area contributed by atoms with Crippen molar-refractivity contribution in [3.8, 4) is 5.88 Å². The second-order valence-electron chi connectivity index (χ2n) is 6.80. The highest BCUT2D eigenvalue weighted by Gasteiger charge is 2.21. The second kappa shape index (κ2) is 10.5. The fourth-order valence-electron chi connectivity index (χ4n) is 3.20. The molecule has 4 heterocycles. The number of ether oxygens (including phenoxy) is 1. The van der Waals surface area contributed by atoms with E-state index in [9.17, 15) is 9.18 Å². The number of hydrogen-bond acceptors (Lipinski definition) is 8. The lowest BCUT2D eigenvalue weighted by Crippen LogP contribution is -2.44. The number of hydrogen-bond donors (Lipinski definition) is 3. The van der Waals surface area contributed by atoms with Crippen LogP contribution in [0.5, 0.6) is 5.88 Å². The molecule has 12 heteroatoms. The fourth-order valence-corrected chi connectivity index (χ4v) is 3.20. The van der Waals surface area contributed by atoms with Gasteiger partial charge in [0.05, 0.1) is 18.0 Å². The van der Waals surface area contributed by atoms with Gasteiger partial charge in [-0.3, -0.25) is 9.59 Å². The second-order valence-corrected chi connectivity index (χ2v) is 6.80. The van der Waals surface area contributed by atoms with Crippen LogP contribution in [-0.4, -0.2) is 69.6 Å². The summed E-state index contributed by atoms with van der Waals surface area (Å²) in [7, 11) is 0. The molecule has 11 nitrogen and oxygen atoms in total. The van der Waals surface area contributed by atoms with E-state index in [2.05, 4.69) is 25.6 Å². The van der Waals surface area contributed by atoms with Gasteiger partial charge in [-0.1, -0.05) is 0 Å². The first-order chi connectivity index (χ1) is 15.5. The molecule has 1 saturated heterocycles. The van der Waals surface area contributed by atoms with Crippen molar-refractivity contribution in [2.24, 2.45) is 0 Å². The van der Waals surface area contributed by atoms with Gasteiger partial charge in [-0.2, -0.15) is 4.98 Å². The zero-order valence-corrected chi connectivity index (χ0v) is 17.7. The standard InChI is InChI=1S/C19H22FN7O2.CH2O2/c1-3-29-18-13(9-22-19(25-18)26-6-4-21-5-7-26)17(28)24-15-11-27-10-12(2)23-16(27)8-14(15)20;2-1-3/h8-11,21H,3-7H2,1-2H3,(H,24,28);1H,(H,2,3). The predicted molar refractivity (Wildman–Crippen MR) is 115 cm³/mol. The summed E-state index contributed by atoms with van der Waals surface area (Å²) in [5.41, 5.74) is 1.40. The lowest BCUT2D eigenvalue weighted by molar-refractivity contribution is -0.122. The third-order valence-electron chi connectivity index (χ3n) is 4.58. The molecule has 0 unspecified atom stereocenters. The summed E-state index contributed by atoms with van der Waals surface area (Å²) < 4.78 is 21.6. The molecule has 0 saturated carbocycles. The van der Waals surface area contributed by atoms with Crippen molar-refractivity contribution >= 4 is 29.7 Å². The van der Waals surface area contributed by atoms with E-state index in [1.54, 1.807) is 10.6 Å². The molecule has 170 valence electrons. The fraction of sp³-hybridized carbons (Fsp3) is 0.350. The van der Waals surface area contributed by atoms with Crippen molar-refractivity contribution in [1.29, 1.82) is 0 Å². The number of halogens is 1. The number of carboxylic acid groups (broad SMARTS) is 1. The van der Waals surface area contributed by atoms with Crippen LogP contribution in [0, 0.1) is 12.7 Å². The zero-order valence-electron chi connectivity index (χ0n) is 17.7. The average Bonchev–Trinajstić information content (AvgIpc) is 3.14. The number of imidazole rings is 1. The highest BCUT2D eigenvalue weighted by Crippen LogP contribution is 2.22. The SMILES string of the molecule is CCOc1nc(N2CCNCC2)ncc1C(=O)Nc1cn2cc(C)nc2cc1F.O=CO. The first kappa shape index (κ1) is 22.9. The van der Waals surface area contributed by atoms with Crippen molar-refractivity contribution in [1.82, 2.24) is 24.7 Å². The number of nitrogens with zero attached hydrogens (tertiary/aromatic N) is 5. The molecule has 0 radical (unpaired) electrons. The average molecular weight is 445 g/mol. The van der Waals surface area contributed by atoms with E-state index in [1.165, 1.54) is 18.5 Å². The van der Waals surface area contributed by atoms with Gasteiger partial charge in [0, 0.05) is 50.8 Å². The quantitative estimate of drug-likeness (QED) is 0.497. The van der Waals surface area contributed by atoms with E-state index in [0.717, 1.165) is 31.9 Å². The number of carbonyl (C=O) groups is 2. The van der Waals surface area contributed by atoms with Crippen LogP contribution in [0.15, 0.2) is 24.7 Å². The Labute approximate surface area is 183 Å². The molecule has 3 aromatic heterocycles. The Bertz CT molecular complexity index is 1100. The summed E-state index contributed by atoms with van der Waals surface area (Å²) in [5.74, 6) is -0.440. The van der Waals surface area contributed by atoms with Gasteiger partial charge < -0.3 is 29.8 Å². The van der Waals surface area contributed by atoms with Crippen LogP contribution in [-0.2, 0) is 4.79 Å². The molecular weight excluding hydrogens is 421 g/mol. The molecule has 0 bridgehead atoms. The summed E-state index contributed by atoms with van der Waals surface area (Å²) in [6, 6.07) is 1.27. The Morgan fingerprint density at radius 3 is 2.75 bits per heavy atom. The number of aromatic nitrogens is 4. The minimum atomic E-state index is -0.576. The summed E-state index contributed by atoms with van der Waals surface area (Å²) in [6.45, 7) is 6.93. The van der Waals surface area contributed by atoms with Crippen molar-refractivity contribution in [3.63, 3.8) is 0 Å². The monoisotopic (exact) mass is 445 g/mol. The van der Waals surface area contributed by atoms with Crippen molar-refractivity contribution in [3.05, 3.63) is 41.7 Å². The van der Waals surface area contributed by atoms with Crippen LogP contribution in [0.4, 0.5) is 16.0 Å². The number of rotatable bonds is 5. The lowest BCUT2D eigenvalue weighted by Gasteiger charge is -2.27. The molecule has 1 amide bonds. The van der Waals surface area contributed by atoms with Gasteiger partial charge in [-0.05, 0) is 13.8 Å². The molecule has 1 fully saturated rings. The highest BCUT2D eigenvalue weighted by molar-refractivity contribution is 6.05. The third-order valence-corrected chi connectivity index (χ3v) is 4.58. The van der Waals surface area contributed by atoms with Crippen LogP contribution in [0.2, 0.25) is 0 Å². The van der Waals surface area contributed by atoms with Gasteiger partial charge in [0.25, 0.3) is 12.4 Å².